The summed E-state index contributed by atoms with van der Waals surface area (Å²) in [5.41, 5.74) is 7.81. The Balaban J connectivity index is 1.59. The van der Waals surface area contributed by atoms with Crippen molar-refractivity contribution in [3.8, 4) is 28.4 Å². The maximum Gasteiger partial charge on any atom is 0.333 e. The number of benzene rings is 4. The lowest BCUT2D eigenvalue weighted by atomic mass is 9.67. The van der Waals surface area contributed by atoms with Crippen LogP contribution >= 0.6 is 0 Å². The zero-order valence-electron chi connectivity index (χ0n) is 30.6. The lowest BCUT2D eigenvalue weighted by Crippen LogP contribution is -2.30. The van der Waals surface area contributed by atoms with E-state index in [0.717, 1.165) is 50.6 Å². The lowest BCUT2D eigenvalue weighted by molar-refractivity contribution is -0.140. The number of esters is 3. The fourth-order valence-corrected chi connectivity index (χ4v) is 6.36. The van der Waals surface area contributed by atoms with Crippen molar-refractivity contribution in [3.63, 3.8) is 0 Å². The van der Waals surface area contributed by atoms with Crippen molar-refractivity contribution in [2.24, 2.45) is 0 Å². The first-order valence-corrected chi connectivity index (χ1v) is 17.3. The van der Waals surface area contributed by atoms with Crippen LogP contribution in [-0.2, 0) is 34.0 Å². The van der Waals surface area contributed by atoms with E-state index >= 15 is 0 Å². The van der Waals surface area contributed by atoms with Gasteiger partial charge in [0.25, 0.3) is 0 Å². The molecule has 0 aromatic heterocycles. The second-order valence-corrected chi connectivity index (χ2v) is 12.7. The summed E-state index contributed by atoms with van der Waals surface area (Å²) in [7, 11) is 0. The fourth-order valence-electron chi connectivity index (χ4n) is 6.36. The molecule has 53 heavy (non-hydrogen) atoms. The molecule has 5 rings (SSSR count). The molecule has 9 heteroatoms. The Morgan fingerprint density at radius 2 is 1.11 bits per heavy atom. The minimum Gasteiger partial charge on any atom is -0.490 e. The van der Waals surface area contributed by atoms with E-state index in [1.54, 1.807) is 13.8 Å². The van der Waals surface area contributed by atoms with Gasteiger partial charge in [-0.05, 0) is 85.3 Å². The van der Waals surface area contributed by atoms with Crippen LogP contribution in [0.3, 0.4) is 0 Å². The summed E-state index contributed by atoms with van der Waals surface area (Å²) in [5.74, 6) is 0.459. The molecule has 0 bridgehead atoms. The van der Waals surface area contributed by atoms with Crippen molar-refractivity contribution in [1.29, 1.82) is 0 Å². The van der Waals surface area contributed by atoms with Gasteiger partial charge in [-0.3, -0.25) is 0 Å². The zero-order valence-corrected chi connectivity index (χ0v) is 30.6. The average Bonchev–Trinajstić information content (AvgIpc) is 3.44. The molecule has 0 amide bonds. The van der Waals surface area contributed by atoms with Crippen molar-refractivity contribution >= 4 is 17.9 Å². The third-order valence-corrected chi connectivity index (χ3v) is 8.78. The molecular weight excluding hydrogens is 672 g/mol. The first-order valence-electron chi connectivity index (χ1n) is 17.3. The number of aryl methyl sites for hydroxylation is 2. The molecule has 0 unspecified atom stereocenters. The van der Waals surface area contributed by atoms with E-state index in [4.69, 9.17) is 28.4 Å². The topological polar surface area (TPSA) is 107 Å². The molecular formula is C44H44O9. The maximum absolute atomic E-state index is 11.8. The zero-order chi connectivity index (χ0) is 38.1. The molecule has 0 N–H and O–H groups in total. The standard InChI is InChI=1S/C44H44O9/c1-8-39(45)50-23-24-51-41-31(7)10-20-37-36-19-9-30(6)27-38(36)44(40(37)41,32-11-15-34(16-12-32)48-21-25-52-42(46)28(2)3)33-13-17-35(18-14-33)49-22-26-53-43(47)29(4)5/h8-20,27H,1-2,4,21-26H2,3,5-7H3. The molecule has 0 radical (unpaired) electrons. The summed E-state index contributed by atoms with van der Waals surface area (Å²) >= 11 is 0. The Kier molecular flexibility index (Phi) is 12.2. The van der Waals surface area contributed by atoms with Gasteiger partial charge in [0.15, 0.2) is 0 Å². The fraction of sp³-hybridized carbons (Fsp3) is 0.250. The number of hydrogen-bond donors (Lipinski definition) is 0. The van der Waals surface area contributed by atoms with Crippen LogP contribution in [0.1, 0.15) is 47.2 Å². The predicted octanol–water partition coefficient (Wildman–Crippen LogP) is 7.77. The minimum atomic E-state index is -0.860. The Bertz CT molecular complexity index is 1950. The van der Waals surface area contributed by atoms with Gasteiger partial charge in [0.1, 0.15) is 56.9 Å². The highest BCUT2D eigenvalue weighted by Gasteiger charge is 2.48. The quantitative estimate of drug-likeness (QED) is 0.0413. The summed E-state index contributed by atoms with van der Waals surface area (Å²) in [6, 6.07) is 26.4. The maximum atomic E-state index is 11.8. The molecule has 1 aliphatic carbocycles. The minimum absolute atomic E-state index is 0.0500. The first-order chi connectivity index (χ1) is 25.5. The summed E-state index contributed by atoms with van der Waals surface area (Å²) in [6.07, 6.45) is 1.12. The summed E-state index contributed by atoms with van der Waals surface area (Å²) in [6.45, 7) is 18.7. The van der Waals surface area contributed by atoms with Crippen molar-refractivity contribution in [2.75, 3.05) is 39.6 Å². The van der Waals surface area contributed by atoms with Crippen LogP contribution in [0.4, 0.5) is 0 Å². The number of rotatable bonds is 17. The molecule has 0 saturated carbocycles. The van der Waals surface area contributed by atoms with Gasteiger partial charge < -0.3 is 28.4 Å². The Hall–Kier alpha value is -6.09. The smallest absolute Gasteiger partial charge is 0.333 e. The molecule has 4 aromatic rings. The van der Waals surface area contributed by atoms with Crippen molar-refractivity contribution < 1.29 is 42.8 Å². The Labute approximate surface area is 310 Å². The van der Waals surface area contributed by atoms with Gasteiger partial charge in [-0.15, -0.1) is 0 Å². The van der Waals surface area contributed by atoms with Gasteiger partial charge >= 0.3 is 17.9 Å². The van der Waals surface area contributed by atoms with Gasteiger partial charge in [-0.2, -0.15) is 0 Å². The molecule has 9 nitrogen and oxygen atoms in total. The molecule has 0 saturated heterocycles. The lowest BCUT2D eigenvalue weighted by Gasteiger charge is -2.35. The van der Waals surface area contributed by atoms with Gasteiger partial charge in [-0.25, -0.2) is 14.4 Å². The van der Waals surface area contributed by atoms with Crippen LogP contribution in [0.15, 0.2) is 116 Å². The second kappa shape index (κ2) is 17.0. The second-order valence-electron chi connectivity index (χ2n) is 12.7. The van der Waals surface area contributed by atoms with E-state index < -0.39 is 23.3 Å². The van der Waals surface area contributed by atoms with Gasteiger partial charge in [0.05, 0.1) is 5.41 Å². The van der Waals surface area contributed by atoms with Crippen LogP contribution in [0.25, 0.3) is 11.1 Å². The van der Waals surface area contributed by atoms with Crippen LogP contribution in [0.5, 0.6) is 17.2 Å². The van der Waals surface area contributed by atoms with E-state index in [2.05, 4.69) is 50.9 Å². The molecule has 0 atom stereocenters. The summed E-state index contributed by atoms with van der Waals surface area (Å²) < 4.78 is 34.1. The predicted molar refractivity (Wildman–Crippen MR) is 202 cm³/mol. The van der Waals surface area contributed by atoms with Crippen LogP contribution < -0.4 is 14.2 Å². The molecule has 1 aliphatic rings. The Morgan fingerprint density at radius 1 is 0.623 bits per heavy atom. The normalized spacial score (nSPS) is 12.1. The number of ether oxygens (including phenoxy) is 6. The summed E-state index contributed by atoms with van der Waals surface area (Å²) in [4.78, 5) is 35.4. The highest BCUT2D eigenvalue weighted by Crippen LogP contribution is 2.59. The molecule has 0 heterocycles. The van der Waals surface area contributed by atoms with Gasteiger partial charge in [-0.1, -0.05) is 79.9 Å². The number of carbonyl (C=O) groups excluding carboxylic acids is 3. The number of hydrogen-bond acceptors (Lipinski definition) is 9. The van der Waals surface area contributed by atoms with E-state index in [9.17, 15) is 14.4 Å². The largest absolute Gasteiger partial charge is 0.490 e. The molecule has 274 valence electrons. The van der Waals surface area contributed by atoms with Crippen LogP contribution in [0, 0.1) is 13.8 Å². The van der Waals surface area contributed by atoms with E-state index in [1.165, 1.54) is 0 Å². The molecule has 0 fully saturated rings. The van der Waals surface area contributed by atoms with Crippen molar-refractivity contribution in [3.05, 3.63) is 149 Å². The summed E-state index contributed by atoms with van der Waals surface area (Å²) in [5, 5.41) is 0. The molecule has 4 aromatic carbocycles. The highest BCUT2D eigenvalue weighted by molar-refractivity contribution is 5.90. The third kappa shape index (κ3) is 8.36. The molecule has 0 spiro atoms. The Morgan fingerprint density at radius 3 is 1.62 bits per heavy atom. The SMILES string of the molecule is C=CC(=O)OCCOc1c(C)ccc2c1C(c1ccc(OCCOC(=O)C(=C)C)cc1)(c1ccc(OCCOC(=O)C(=C)C)cc1)c1cc(C)ccc1-2. The van der Waals surface area contributed by atoms with E-state index in [-0.39, 0.29) is 39.6 Å². The van der Waals surface area contributed by atoms with Crippen LogP contribution in [-0.4, -0.2) is 57.5 Å². The van der Waals surface area contributed by atoms with E-state index in [1.807, 2.05) is 61.5 Å². The third-order valence-electron chi connectivity index (χ3n) is 8.78. The van der Waals surface area contributed by atoms with E-state index in [0.29, 0.717) is 28.4 Å². The average molecular weight is 717 g/mol. The highest BCUT2D eigenvalue weighted by atomic mass is 16.6. The van der Waals surface area contributed by atoms with Gasteiger partial charge in [0, 0.05) is 22.8 Å². The molecule has 0 aliphatic heterocycles. The van der Waals surface area contributed by atoms with Crippen LogP contribution in [0.2, 0.25) is 0 Å². The van der Waals surface area contributed by atoms with Crippen molar-refractivity contribution in [2.45, 2.75) is 33.1 Å². The van der Waals surface area contributed by atoms with Gasteiger partial charge in [0.2, 0.25) is 0 Å². The van der Waals surface area contributed by atoms with Crippen molar-refractivity contribution in [1.82, 2.24) is 0 Å². The monoisotopic (exact) mass is 716 g/mol. The number of fused-ring (bicyclic) bond motifs is 3. The first kappa shape index (κ1) is 38.1. The number of carbonyl (C=O) groups is 3.